The van der Waals surface area contributed by atoms with Gasteiger partial charge in [0, 0.05) is 42.4 Å². The molecule has 1 fully saturated rings. The van der Waals surface area contributed by atoms with E-state index in [9.17, 15) is 14.6 Å². The van der Waals surface area contributed by atoms with E-state index in [2.05, 4.69) is 10.3 Å². The summed E-state index contributed by atoms with van der Waals surface area (Å²) < 4.78 is 22.1. The first kappa shape index (κ1) is 18.5. The summed E-state index contributed by atoms with van der Waals surface area (Å²) in [6, 6.07) is 6.46. The summed E-state index contributed by atoms with van der Waals surface area (Å²) in [5.74, 6) is 0.0942. The number of aryl methyl sites for hydroxylation is 1. The molecule has 0 unspecified atom stereocenters. The van der Waals surface area contributed by atoms with Crippen LogP contribution < -0.4 is 10.1 Å². The third kappa shape index (κ3) is 3.10. The first-order valence-corrected chi connectivity index (χ1v) is 10.00. The fourth-order valence-corrected chi connectivity index (χ4v) is 4.61. The monoisotopic (exact) mass is 397 g/mol. The molecule has 0 spiro atoms. The minimum absolute atomic E-state index is 0.346. The van der Waals surface area contributed by atoms with Crippen molar-refractivity contribution in [2.45, 2.75) is 50.7 Å². The third-order valence-electron chi connectivity index (χ3n) is 6.21. The van der Waals surface area contributed by atoms with E-state index in [1.54, 1.807) is 12.3 Å². The number of ether oxygens (including phenoxy) is 1. The van der Waals surface area contributed by atoms with Crippen LogP contribution in [0.1, 0.15) is 29.2 Å². The van der Waals surface area contributed by atoms with Gasteiger partial charge in [0.1, 0.15) is 35.5 Å². The number of halogens is 1. The second-order valence-corrected chi connectivity index (χ2v) is 8.00. The maximum Gasteiger partial charge on any atom is 0.140 e. The highest BCUT2D eigenvalue weighted by atomic mass is 19.1. The number of fused-ring (bicyclic) bond motifs is 2. The third-order valence-corrected chi connectivity index (χ3v) is 6.21. The van der Waals surface area contributed by atoms with Crippen molar-refractivity contribution >= 4 is 11.0 Å². The molecule has 1 aliphatic carbocycles. The number of pyridine rings is 1. The molecule has 152 valence electrons. The van der Waals surface area contributed by atoms with Crippen LogP contribution in [-0.4, -0.2) is 44.6 Å². The highest BCUT2D eigenvalue weighted by Gasteiger charge is 2.44. The van der Waals surface area contributed by atoms with Crippen LogP contribution in [0.5, 0.6) is 5.75 Å². The van der Waals surface area contributed by atoms with Gasteiger partial charge in [-0.2, -0.15) is 0 Å². The Morgan fingerprint density at radius 2 is 2.10 bits per heavy atom. The lowest BCUT2D eigenvalue weighted by molar-refractivity contribution is -0.0167. The molecule has 5 rings (SSSR count). The summed E-state index contributed by atoms with van der Waals surface area (Å²) in [5, 5.41) is 25.7. The number of aromatic nitrogens is 2. The summed E-state index contributed by atoms with van der Waals surface area (Å²) in [6.45, 7) is 3.42. The molecule has 7 heteroatoms. The molecule has 0 amide bonds. The van der Waals surface area contributed by atoms with E-state index in [1.807, 2.05) is 29.8 Å². The van der Waals surface area contributed by atoms with Crippen LogP contribution in [0.25, 0.3) is 11.0 Å². The van der Waals surface area contributed by atoms with Crippen molar-refractivity contribution in [3.63, 3.8) is 0 Å². The minimum atomic E-state index is -1.07. The zero-order chi connectivity index (χ0) is 20.1. The molecule has 1 aromatic carbocycles. The van der Waals surface area contributed by atoms with Crippen LogP contribution in [0.3, 0.4) is 0 Å². The van der Waals surface area contributed by atoms with Gasteiger partial charge in [0.2, 0.25) is 0 Å². The Balaban J connectivity index is 1.45. The number of nitrogens with one attached hydrogen (secondary N) is 1. The van der Waals surface area contributed by atoms with Gasteiger partial charge in [-0.3, -0.25) is 0 Å². The molecule has 1 saturated carbocycles. The number of benzene rings is 1. The lowest BCUT2D eigenvalue weighted by Crippen LogP contribution is -2.35. The molecule has 4 atom stereocenters. The van der Waals surface area contributed by atoms with Crippen LogP contribution in [0.15, 0.2) is 36.7 Å². The largest absolute Gasteiger partial charge is 0.487 e. The minimum Gasteiger partial charge on any atom is -0.487 e. The fourth-order valence-electron chi connectivity index (χ4n) is 4.61. The zero-order valence-corrected chi connectivity index (χ0v) is 16.2. The molecule has 2 aliphatic rings. The Hall–Kier alpha value is -2.48. The van der Waals surface area contributed by atoms with Crippen molar-refractivity contribution in [2.75, 3.05) is 6.54 Å². The van der Waals surface area contributed by atoms with Crippen LogP contribution in [-0.2, 0) is 13.0 Å². The molecule has 3 heterocycles. The SMILES string of the molecule is Cc1ccnc2c1ccn2[C@@H]1C[C@H](Oc2cc(F)cc3c2CNCC3)[C@@H](O)[C@H]1O. The lowest BCUT2D eigenvalue weighted by atomic mass is 10.00. The number of aliphatic hydroxyl groups excluding tert-OH is 2. The van der Waals surface area contributed by atoms with Crippen LogP contribution in [0, 0.1) is 12.7 Å². The molecule has 6 nitrogen and oxygen atoms in total. The maximum absolute atomic E-state index is 14.1. The summed E-state index contributed by atoms with van der Waals surface area (Å²) in [5.41, 5.74) is 3.73. The molecule has 1 aliphatic heterocycles. The van der Waals surface area contributed by atoms with Crippen molar-refractivity contribution in [1.82, 2.24) is 14.9 Å². The predicted octanol–water partition coefficient (Wildman–Crippen LogP) is 2.24. The van der Waals surface area contributed by atoms with Crippen molar-refractivity contribution < 1.29 is 19.3 Å². The van der Waals surface area contributed by atoms with E-state index >= 15 is 0 Å². The van der Waals surface area contributed by atoms with Gasteiger partial charge < -0.3 is 24.8 Å². The molecule has 0 radical (unpaired) electrons. The van der Waals surface area contributed by atoms with Gasteiger partial charge in [-0.25, -0.2) is 9.37 Å². The van der Waals surface area contributed by atoms with Gasteiger partial charge in [-0.15, -0.1) is 0 Å². The van der Waals surface area contributed by atoms with Crippen LogP contribution in [0.4, 0.5) is 4.39 Å². The molecule has 3 aromatic rings. The van der Waals surface area contributed by atoms with Gasteiger partial charge in [-0.1, -0.05) is 0 Å². The Morgan fingerprint density at radius 1 is 1.24 bits per heavy atom. The number of rotatable bonds is 3. The van der Waals surface area contributed by atoms with E-state index in [0.29, 0.717) is 18.7 Å². The molecule has 3 N–H and O–H groups in total. The van der Waals surface area contributed by atoms with E-state index in [4.69, 9.17) is 4.74 Å². The number of hydrogen-bond donors (Lipinski definition) is 3. The smallest absolute Gasteiger partial charge is 0.140 e. The van der Waals surface area contributed by atoms with E-state index in [0.717, 1.165) is 40.7 Å². The Bertz CT molecular complexity index is 1070. The van der Waals surface area contributed by atoms with E-state index in [-0.39, 0.29) is 11.9 Å². The highest BCUT2D eigenvalue weighted by molar-refractivity contribution is 5.79. The fraction of sp³-hybridized carbons (Fsp3) is 0.409. The lowest BCUT2D eigenvalue weighted by Gasteiger charge is -2.24. The van der Waals surface area contributed by atoms with E-state index < -0.39 is 18.3 Å². The second-order valence-electron chi connectivity index (χ2n) is 8.00. The van der Waals surface area contributed by atoms with Crippen LogP contribution >= 0.6 is 0 Å². The Morgan fingerprint density at radius 3 is 2.97 bits per heavy atom. The van der Waals surface area contributed by atoms with Crippen molar-refractivity contribution in [3.05, 3.63) is 59.2 Å². The van der Waals surface area contributed by atoms with Gasteiger partial charge >= 0.3 is 0 Å². The summed E-state index contributed by atoms with van der Waals surface area (Å²) in [7, 11) is 0. The average molecular weight is 397 g/mol. The molecular formula is C22H24FN3O3. The Labute approximate surface area is 167 Å². The first-order valence-electron chi connectivity index (χ1n) is 10.00. The maximum atomic E-state index is 14.1. The van der Waals surface area contributed by atoms with Gasteiger partial charge in [0.05, 0.1) is 6.04 Å². The standard InChI is InChI=1S/C22H24FN3O3/c1-12-2-6-25-22-15(12)4-7-26(22)17-10-19(21(28)20(17)27)29-18-9-14(23)8-13-3-5-24-11-16(13)18/h2,4,6-9,17,19-21,24,27-28H,3,5,10-11H2,1H3/t17-,19+,20+,21-/m1/s1. The molecule has 29 heavy (non-hydrogen) atoms. The molecular weight excluding hydrogens is 373 g/mol. The topological polar surface area (TPSA) is 79.5 Å². The normalized spacial score (nSPS) is 26.6. The molecule has 0 saturated heterocycles. The van der Waals surface area contributed by atoms with Gasteiger partial charge in [0.15, 0.2) is 0 Å². The van der Waals surface area contributed by atoms with Crippen molar-refractivity contribution in [1.29, 1.82) is 0 Å². The zero-order valence-electron chi connectivity index (χ0n) is 16.2. The number of nitrogens with zero attached hydrogens (tertiary/aromatic N) is 2. The summed E-state index contributed by atoms with van der Waals surface area (Å²) >= 11 is 0. The average Bonchev–Trinajstić information content (AvgIpc) is 3.25. The number of aliphatic hydroxyl groups is 2. The van der Waals surface area contributed by atoms with Crippen LogP contribution in [0.2, 0.25) is 0 Å². The van der Waals surface area contributed by atoms with Gasteiger partial charge in [0.25, 0.3) is 0 Å². The number of hydrogen-bond acceptors (Lipinski definition) is 5. The first-order chi connectivity index (χ1) is 14.0. The van der Waals surface area contributed by atoms with Crippen molar-refractivity contribution in [3.8, 4) is 5.75 Å². The van der Waals surface area contributed by atoms with E-state index in [1.165, 1.54) is 6.07 Å². The Kier molecular flexibility index (Phi) is 4.53. The van der Waals surface area contributed by atoms with Crippen molar-refractivity contribution in [2.24, 2.45) is 0 Å². The molecule has 0 bridgehead atoms. The van der Waals surface area contributed by atoms with Gasteiger partial charge in [-0.05, 0) is 49.2 Å². The summed E-state index contributed by atoms with van der Waals surface area (Å²) in [4.78, 5) is 4.46. The highest BCUT2D eigenvalue weighted by Crippen LogP contribution is 2.37. The second kappa shape index (κ2) is 7.09. The quantitative estimate of drug-likeness (QED) is 0.632. The molecule has 2 aromatic heterocycles. The predicted molar refractivity (Wildman–Crippen MR) is 106 cm³/mol. The summed E-state index contributed by atoms with van der Waals surface area (Å²) in [6.07, 6.45) is 2.07.